The maximum Gasteiger partial charge on any atom is 0.175 e. The predicted octanol–water partition coefficient (Wildman–Crippen LogP) is 9.62. The summed E-state index contributed by atoms with van der Waals surface area (Å²) in [7, 11) is 1.61. The molecule has 46 heavy (non-hydrogen) atoms. The molecule has 0 spiro atoms. The Balaban J connectivity index is 1.48. The van der Waals surface area contributed by atoms with Crippen molar-refractivity contribution in [3.8, 4) is 11.5 Å². The Morgan fingerprint density at radius 1 is 0.848 bits per heavy atom. The van der Waals surface area contributed by atoms with Gasteiger partial charge in [0.1, 0.15) is 6.61 Å². The van der Waals surface area contributed by atoms with Crippen molar-refractivity contribution in [2.24, 2.45) is 10.8 Å². The molecule has 240 valence electrons. The molecule has 7 heteroatoms. The molecule has 0 saturated heterocycles. The molecule has 6 rings (SSSR count). The normalized spacial score (nSPS) is 19.2. The monoisotopic (exact) mass is 701 g/mol. The van der Waals surface area contributed by atoms with Gasteiger partial charge >= 0.3 is 0 Å². The predicted molar refractivity (Wildman–Crippen MR) is 186 cm³/mol. The number of nitrogens with zero attached hydrogens (tertiary/aromatic N) is 1. The SMILES string of the molecule is COc1cc(C2C3=C(CC(C)(C)CC3=O)N(CCc3ccccc3)C3=C2C(=O)CC(C)(C)C3)cc(Br)c1OCc1ccccc1Cl. The summed E-state index contributed by atoms with van der Waals surface area (Å²) in [6, 6.07) is 21.9. The number of allylic oxidation sites excluding steroid dienone is 4. The molecule has 1 heterocycles. The third-order valence-electron chi connectivity index (χ3n) is 9.40. The lowest BCUT2D eigenvalue weighted by atomic mass is 9.63. The van der Waals surface area contributed by atoms with Gasteiger partial charge in [-0.3, -0.25) is 9.59 Å². The van der Waals surface area contributed by atoms with E-state index in [-0.39, 0.29) is 29.0 Å². The number of carbonyl (C=O) groups is 2. The Morgan fingerprint density at radius 2 is 1.43 bits per heavy atom. The highest BCUT2D eigenvalue weighted by Crippen LogP contribution is 2.55. The third-order valence-corrected chi connectivity index (χ3v) is 10.4. The number of halogens is 2. The van der Waals surface area contributed by atoms with Gasteiger partial charge in [-0.2, -0.15) is 0 Å². The summed E-state index contributed by atoms with van der Waals surface area (Å²) in [5.41, 5.74) is 6.17. The van der Waals surface area contributed by atoms with Crippen molar-refractivity contribution in [2.45, 2.75) is 72.3 Å². The van der Waals surface area contributed by atoms with E-state index in [9.17, 15) is 9.59 Å². The van der Waals surface area contributed by atoms with Crippen LogP contribution in [0.4, 0.5) is 0 Å². The molecular weight excluding hydrogens is 662 g/mol. The summed E-state index contributed by atoms with van der Waals surface area (Å²) in [4.78, 5) is 30.9. The van der Waals surface area contributed by atoms with E-state index < -0.39 is 5.92 Å². The highest BCUT2D eigenvalue weighted by atomic mass is 79.9. The van der Waals surface area contributed by atoms with E-state index >= 15 is 0 Å². The van der Waals surface area contributed by atoms with Crippen LogP contribution in [0.1, 0.15) is 76.0 Å². The Labute approximate surface area is 285 Å². The second-order valence-electron chi connectivity index (χ2n) is 14.3. The number of benzene rings is 3. The molecule has 0 amide bonds. The summed E-state index contributed by atoms with van der Waals surface area (Å²) in [6.45, 7) is 9.66. The van der Waals surface area contributed by atoms with E-state index in [4.69, 9.17) is 21.1 Å². The van der Waals surface area contributed by atoms with E-state index in [1.165, 1.54) is 5.56 Å². The average Bonchev–Trinajstić information content (AvgIpc) is 2.99. The Hall–Kier alpha value is -3.35. The quantitative estimate of drug-likeness (QED) is 0.234. The molecule has 0 atom stereocenters. The zero-order valence-electron chi connectivity index (χ0n) is 27.2. The minimum atomic E-state index is -0.479. The molecule has 0 N–H and O–H groups in total. The summed E-state index contributed by atoms with van der Waals surface area (Å²) in [5.74, 6) is 0.813. The molecule has 0 unspecified atom stereocenters. The first-order valence-corrected chi connectivity index (χ1v) is 17.1. The maximum absolute atomic E-state index is 14.3. The average molecular weight is 703 g/mol. The van der Waals surface area contributed by atoms with Crippen molar-refractivity contribution in [1.82, 2.24) is 4.90 Å². The summed E-state index contributed by atoms with van der Waals surface area (Å²) >= 11 is 10.1. The van der Waals surface area contributed by atoms with Crippen LogP contribution >= 0.6 is 27.5 Å². The lowest BCUT2D eigenvalue weighted by molar-refractivity contribution is -0.119. The first-order chi connectivity index (χ1) is 21.9. The number of rotatable bonds is 8. The van der Waals surface area contributed by atoms with Crippen LogP contribution in [0.5, 0.6) is 11.5 Å². The molecule has 5 nitrogen and oxygen atoms in total. The lowest BCUT2D eigenvalue weighted by Crippen LogP contribution is -2.45. The van der Waals surface area contributed by atoms with Crippen molar-refractivity contribution < 1.29 is 19.1 Å². The molecule has 3 aromatic rings. The van der Waals surface area contributed by atoms with Crippen LogP contribution in [0.15, 0.2) is 93.7 Å². The Morgan fingerprint density at radius 3 is 2.02 bits per heavy atom. The summed E-state index contributed by atoms with van der Waals surface area (Å²) in [5, 5.41) is 0.629. The largest absolute Gasteiger partial charge is 0.493 e. The topological polar surface area (TPSA) is 55.8 Å². The highest BCUT2D eigenvalue weighted by molar-refractivity contribution is 9.10. The van der Waals surface area contributed by atoms with Crippen LogP contribution in [0, 0.1) is 10.8 Å². The van der Waals surface area contributed by atoms with Crippen LogP contribution in [-0.2, 0) is 22.6 Å². The molecule has 0 saturated carbocycles. The van der Waals surface area contributed by atoms with E-state index in [1.807, 2.05) is 42.5 Å². The summed E-state index contributed by atoms with van der Waals surface area (Å²) in [6.07, 6.45) is 3.23. The molecular formula is C39H41BrClNO4. The highest BCUT2D eigenvalue weighted by Gasteiger charge is 2.49. The second-order valence-corrected chi connectivity index (χ2v) is 15.6. The second kappa shape index (κ2) is 12.7. The zero-order valence-corrected chi connectivity index (χ0v) is 29.6. The van der Waals surface area contributed by atoms with Gasteiger partial charge in [-0.05, 0) is 75.3 Å². The van der Waals surface area contributed by atoms with Crippen molar-refractivity contribution in [1.29, 1.82) is 0 Å². The minimum Gasteiger partial charge on any atom is -0.493 e. The van der Waals surface area contributed by atoms with Crippen LogP contribution in [0.25, 0.3) is 0 Å². The Kier molecular flexibility index (Phi) is 8.99. The van der Waals surface area contributed by atoms with Crippen LogP contribution in [0.2, 0.25) is 5.02 Å². The van der Waals surface area contributed by atoms with Crippen molar-refractivity contribution in [3.05, 3.63) is 115 Å². The van der Waals surface area contributed by atoms with Gasteiger partial charge in [0.15, 0.2) is 23.1 Å². The number of ketones is 2. The molecule has 0 radical (unpaired) electrons. The van der Waals surface area contributed by atoms with Crippen LogP contribution in [-0.4, -0.2) is 30.1 Å². The fourth-order valence-corrected chi connectivity index (χ4v) is 8.11. The third kappa shape index (κ3) is 6.44. The maximum atomic E-state index is 14.3. The van der Waals surface area contributed by atoms with Gasteiger partial charge < -0.3 is 14.4 Å². The molecule has 0 fully saturated rings. The van der Waals surface area contributed by atoms with E-state index in [2.05, 4.69) is 72.8 Å². The standard InChI is InChI=1S/C39H41BrClNO4/c1-38(2)19-29-35(31(43)21-38)34(26-17-27(40)37(33(18-26)45-5)46-23-25-13-9-10-14-28(25)41)36-30(20-39(3,4)22-32(36)44)42(29)16-15-24-11-7-6-8-12-24/h6-14,17-18,34H,15-16,19-23H2,1-5H3. The minimum absolute atomic E-state index is 0.110. The number of ether oxygens (including phenoxy) is 2. The molecule has 3 aromatic carbocycles. The molecule has 3 aliphatic rings. The first kappa shape index (κ1) is 32.6. The van der Waals surface area contributed by atoms with Gasteiger partial charge in [-0.15, -0.1) is 0 Å². The Bertz CT molecular complexity index is 1700. The van der Waals surface area contributed by atoms with Gasteiger partial charge in [0, 0.05) is 58.4 Å². The van der Waals surface area contributed by atoms with Gasteiger partial charge in [-0.1, -0.05) is 87.8 Å². The van der Waals surface area contributed by atoms with Crippen molar-refractivity contribution in [3.63, 3.8) is 0 Å². The van der Waals surface area contributed by atoms with Gasteiger partial charge in [0.25, 0.3) is 0 Å². The fraction of sp³-hybridized carbons (Fsp3) is 0.385. The smallest absolute Gasteiger partial charge is 0.175 e. The van der Waals surface area contributed by atoms with E-state index in [0.717, 1.165) is 52.9 Å². The first-order valence-electron chi connectivity index (χ1n) is 15.9. The van der Waals surface area contributed by atoms with Crippen LogP contribution < -0.4 is 9.47 Å². The van der Waals surface area contributed by atoms with E-state index in [0.29, 0.717) is 40.4 Å². The molecule has 0 aromatic heterocycles. The van der Waals surface area contributed by atoms with Gasteiger partial charge in [0.05, 0.1) is 11.6 Å². The number of carbonyl (C=O) groups excluding carboxylic acids is 2. The van der Waals surface area contributed by atoms with Crippen LogP contribution in [0.3, 0.4) is 0 Å². The number of Topliss-reactive ketones (excluding diaryl/α,β-unsaturated/α-hetero) is 2. The van der Waals surface area contributed by atoms with Gasteiger partial charge in [0.2, 0.25) is 0 Å². The zero-order chi connectivity index (χ0) is 32.8. The van der Waals surface area contributed by atoms with Gasteiger partial charge in [-0.25, -0.2) is 0 Å². The number of methoxy groups -OCH3 is 1. The summed E-state index contributed by atoms with van der Waals surface area (Å²) < 4.78 is 12.8. The molecule has 0 bridgehead atoms. The number of hydrogen-bond donors (Lipinski definition) is 0. The molecule has 2 aliphatic carbocycles. The lowest BCUT2D eigenvalue weighted by Gasteiger charge is -2.49. The molecule has 1 aliphatic heterocycles. The fourth-order valence-electron chi connectivity index (χ4n) is 7.35. The van der Waals surface area contributed by atoms with E-state index in [1.54, 1.807) is 7.11 Å². The van der Waals surface area contributed by atoms with Crippen molar-refractivity contribution >= 4 is 39.1 Å². The van der Waals surface area contributed by atoms with Crippen molar-refractivity contribution in [2.75, 3.05) is 13.7 Å². The number of hydrogen-bond acceptors (Lipinski definition) is 5.